The number of rotatable bonds is 3. The molecule has 2 heterocycles. The molecule has 0 N–H and O–H groups in total. The first-order chi connectivity index (χ1) is 11.8. The summed E-state index contributed by atoms with van der Waals surface area (Å²) in [6.45, 7) is 0. The Morgan fingerprint density at radius 3 is 2.21 bits per heavy atom. The summed E-state index contributed by atoms with van der Waals surface area (Å²) >= 11 is 0. The molecule has 6 nitrogen and oxygen atoms in total. The molecule has 4 rings (SSSR count). The van der Waals surface area contributed by atoms with Crippen LogP contribution in [0.25, 0.3) is 5.78 Å². The Bertz CT molecular complexity index is 649. The number of carbonyl (C=O) groups is 1. The second-order valence-electron chi connectivity index (χ2n) is 7.10. The first kappa shape index (κ1) is 15.5. The Morgan fingerprint density at radius 1 is 1.00 bits per heavy atom. The van der Waals surface area contributed by atoms with Crippen LogP contribution in [-0.2, 0) is 0 Å². The van der Waals surface area contributed by atoms with Crippen molar-refractivity contribution in [2.75, 3.05) is 0 Å². The second-order valence-corrected chi connectivity index (χ2v) is 7.10. The van der Waals surface area contributed by atoms with E-state index in [1.165, 1.54) is 38.5 Å². The lowest BCUT2D eigenvalue weighted by Gasteiger charge is -2.41. The van der Waals surface area contributed by atoms with E-state index in [1.807, 2.05) is 0 Å². The highest BCUT2D eigenvalue weighted by Gasteiger charge is 2.34. The van der Waals surface area contributed by atoms with Gasteiger partial charge in [-0.25, -0.2) is 9.50 Å². The molecule has 2 aliphatic rings. The molecule has 2 aromatic heterocycles. The first-order valence-electron chi connectivity index (χ1n) is 9.33. The minimum Gasteiger partial charge on any atom is -0.330 e. The molecule has 0 aromatic carbocycles. The number of fused-ring (bicyclic) bond motifs is 1. The van der Waals surface area contributed by atoms with Gasteiger partial charge in [-0.1, -0.05) is 38.5 Å². The predicted octanol–water partition coefficient (Wildman–Crippen LogP) is 3.23. The fourth-order valence-corrected chi connectivity index (χ4v) is 4.29. The lowest BCUT2D eigenvalue weighted by Crippen LogP contribution is -2.49. The zero-order chi connectivity index (χ0) is 16.4. The Kier molecular flexibility index (Phi) is 4.45. The fourth-order valence-electron chi connectivity index (χ4n) is 4.29. The average molecular weight is 327 g/mol. The van der Waals surface area contributed by atoms with Gasteiger partial charge in [-0.3, -0.25) is 4.79 Å². The van der Waals surface area contributed by atoms with E-state index in [2.05, 4.69) is 20.0 Å². The van der Waals surface area contributed by atoms with Gasteiger partial charge in [0, 0.05) is 24.5 Å². The van der Waals surface area contributed by atoms with Gasteiger partial charge in [0.1, 0.15) is 0 Å². The highest BCUT2D eigenvalue weighted by atomic mass is 16.2. The maximum atomic E-state index is 13.3. The fraction of sp³-hybridized carbons (Fsp3) is 0.667. The van der Waals surface area contributed by atoms with Crippen molar-refractivity contribution in [2.45, 2.75) is 76.3 Å². The van der Waals surface area contributed by atoms with E-state index in [0.29, 0.717) is 23.7 Å². The molecule has 24 heavy (non-hydrogen) atoms. The summed E-state index contributed by atoms with van der Waals surface area (Å²) < 4.78 is 1.59. The highest BCUT2D eigenvalue weighted by Crippen LogP contribution is 2.31. The van der Waals surface area contributed by atoms with Gasteiger partial charge in [-0.2, -0.15) is 4.98 Å². The van der Waals surface area contributed by atoms with E-state index in [9.17, 15) is 4.79 Å². The summed E-state index contributed by atoms with van der Waals surface area (Å²) in [6.07, 6.45) is 15.4. The maximum absolute atomic E-state index is 13.3. The molecule has 1 amide bonds. The topological polar surface area (TPSA) is 63.4 Å². The molecule has 0 unspecified atom stereocenters. The molecular weight excluding hydrogens is 302 g/mol. The van der Waals surface area contributed by atoms with Crippen molar-refractivity contribution >= 4 is 11.7 Å². The van der Waals surface area contributed by atoms with Crippen molar-refractivity contribution in [3.05, 3.63) is 24.3 Å². The summed E-state index contributed by atoms with van der Waals surface area (Å²) in [6, 6.07) is 2.51. The molecule has 2 saturated carbocycles. The van der Waals surface area contributed by atoms with Crippen LogP contribution in [0.3, 0.4) is 0 Å². The van der Waals surface area contributed by atoms with Gasteiger partial charge >= 0.3 is 0 Å². The van der Waals surface area contributed by atoms with Crippen LogP contribution in [0, 0.1) is 0 Å². The van der Waals surface area contributed by atoms with E-state index in [-0.39, 0.29) is 5.91 Å². The number of amides is 1. The maximum Gasteiger partial charge on any atom is 0.294 e. The lowest BCUT2D eigenvalue weighted by atomic mass is 9.88. The normalized spacial score (nSPS) is 20.3. The van der Waals surface area contributed by atoms with Gasteiger partial charge in [0.05, 0.1) is 0 Å². The van der Waals surface area contributed by atoms with Crippen LogP contribution in [-0.4, -0.2) is 42.5 Å². The van der Waals surface area contributed by atoms with Gasteiger partial charge in [-0.05, 0) is 31.7 Å². The molecule has 0 atom stereocenters. The smallest absolute Gasteiger partial charge is 0.294 e. The summed E-state index contributed by atoms with van der Waals surface area (Å²) in [4.78, 5) is 24.0. The largest absolute Gasteiger partial charge is 0.330 e. The number of hydrogen-bond donors (Lipinski definition) is 0. The van der Waals surface area contributed by atoms with Crippen molar-refractivity contribution in [3.63, 3.8) is 0 Å². The van der Waals surface area contributed by atoms with Crippen LogP contribution in [0.15, 0.2) is 18.5 Å². The molecule has 0 radical (unpaired) electrons. The summed E-state index contributed by atoms with van der Waals surface area (Å²) in [7, 11) is 0. The third-order valence-electron chi connectivity index (χ3n) is 5.48. The average Bonchev–Trinajstić information content (AvgIpc) is 3.08. The molecule has 0 saturated heterocycles. The Morgan fingerprint density at radius 2 is 1.62 bits per heavy atom. The molecule has 0 spiro atoms. The third kappa shape index (κ3) is 3.01. The summed E-state index contributed by atoms with van der Waals surface area (Å²) in [5, 5.41) is 4.38. The van der Waals surface area contributed by atoms with Gasteiger partial charge in [0.2, 0.25) is 5.82 Å². The highest BCUT2D eigenvalue weighted by molar-refractivity contribution is 5.91. The van der Waals surface area contributed by atoms with Gasteiger partial charge < -0.3 is 4.90 Å². The monoisotopic (exact) mass is 327 g/mol. The minimum atomic E-state index is -0.000648. The van der Waals surface area contributed by atoms with Gasteiger partial charge in [-0.15, -0.1) is 5.10 Å². The van der Waals surface area contributed by atoms with Crippen LogP contribution in [0.2, 0.25) is 0 Å². The van der Waals surface area contributed by atoms with Crippen LogP contribution < -0.4 is 0 Å². The van der Waals surface area contributed by atoms with Crippen molar-refractivity contribution in [3.8, 4) is 0 Å². The first-order valence-corrected chi connectivity index (χ1v) is 9.33. The third-order valence-corrected chi connectivity index (χ3v) is 5.48. The quantitative estimate of drug-likeness (QED) is 0.868. The standard InChI is InChI=1S/C18H25N5O/c24-17(16-20-18-19-12-7-13-22(18)21-16)23(14-8-3-1-4-9-14)15-10-5-2-6-11-15/h7,12-15H,1-6,8-11H2. The number of aromatic nitrogens is 4. The van der Waals surface area contributed by atoms with Crippen molar-refractivity contribution < 1.29 is 4.79 Å². The molecule has 0 aliphatic heterocycles. The second kappa shape index (κ2) is 6.87. The van der Waals surface area contributed by atoms with Crippen LogP contribution >= 0.6 is 0 Å². The summed E-state index contributed by atoms with van der Waals surface area (Å²) in [5.41, 5.74) is 0. The molecular formula is C18H25N5O. The van der Waals surface area contributed by atoms with E-state index >= 15 is 0 Å². The van der Waals surface area contributed by atoms with E-state index < -0.39 is 0 Å². The van der Waals surface area contributed by atoms with Gasteiger partial charge in [0.25, 0.3) is 11.7 Å². The van der Waals surface area contributed by atoms with Crippen LogP contribution in [0.1, 0.15) is 74.8 Å². The van der Waals surface area contributed by atoms with E-state index in [0.717, 1.165) is 25.7 Å². The number of carbonyl (C=O) groups excluding carboxylic acids is 1. The van der Waals surface area contributed by atoms with Crippen molar-refractivity contribution in [1.29, 1.82) is 0 Å². The van der Waals surface area contributed by atoms with Crippen LogP contribution in [0.5, 0.6) is 0 Å². The molecule has 2 aromatic rings. The zero-order valence-electron chi connectivity index (χ0n) is 14.1. The molecule has 2 aliphatic carbocycles. The van der Waals surface area contributed by atoms with E-state index in [4.69, 9.17) is 0 Å². The Hall–Kier alpha value is -1.98. The van der Waals surface area contributed by atoms with Crippen molar-refractivity contribution in [2.24, 2.45) is 0 Å². The number of nitrogens with zero attached hydrogens (tertiary/aromatic N) is 5. The molecule has 128 valence electrons. The SMILES string of the molecule is O=C(c1nc2ncccn2n1)N(C1CCCCC1)C1CCCCC1. The van der Waals surface area contributed by atoms with Gasteiger partial charge in [0.15, 0.2) is 0 Å². The molecule has 2 fully saturated rings. The molecule has 6 heteroatoms. The molecule has 0 bridgehead atoms. The predicted molar refractivity (Wildman–Crippen MR) is 90.7 cm³/mol. The van der Waals surface area contributed by atoms with E-state index in [1.54, 1.807) is 23.0 Å². The van der Waals surface area contributed by atoms with Crippen molar-refractivity contribution in [1.82, 2.24) is 24.5 Å². The zero-order valence-corrected chi connectivity index (χ0v) is 14.1. The number of hydrogen-bond acceptors (Lipinski definition) is 4. The van der Waals surface area contributed by atoms with Crippen LogP contribution in [0.4, 0.5) is 0 Å². The minimum absolute atomic E-state index is 0.000648. The Balaban J connectivity index is 1.64. The Labute approximate surface area is 142 Å². The lowest BCUT2D eigenvalue weighted by molar-refractivity contribution is 0.0436. The summed E-state index contributed by atoms with van der Waals surface area (Å²) in [5.74, 6) is 0.789.